The number of fused-ring (bicyclic) bond motifs is 1. The first-order valence-electron chi connectivity index (χ1n) is 8.21. The van der Waals surface area contributed by atoms with Crippen LogP contribution in [0.4, 0.5) is 11.6 Å². The Morgan fingerprint density at radius 3 is 2.76 bits per heavy atom. The Labute approximate surface area is 166 Å². The van der Waals surface area contributed by atoms with Gasteiger partial charge in [-0.05, 0) is 27.9 Å². The molecule has 0 amide bonds. The number of benzene rings is 1. The third kappa shape index (κ3) is 3.04. The number of esters is 1. The van der Waals surface area contributed by atoms with Gasteiger partial charge in [-0.2, -0.15) is 4.68 Å². The molecule has 4 rings (SSSR count). The number of nitro benzene ring substituents is 1. The molecule has 0 aliphatic carbocycles. The number of thiophene rings is 1. The van der Waals surface area contributed by atoms with Gasteiger partial charge in [0.1, 0.15) is 11.7 Å². The number of hydrogen-bond donors (Lipinski definition) is 1. The molecule has 0 bridgehead atoms. The number of carbonyl (C=O) groups excluding carboxylic acids is 2. The maximum Gasteiger partial charge on any atom is 0.355 e. The molecule has 0 saturated carbocycles. The summed E-state index contributed by atoms with van der Waals surface area (Å²) in [5.74, 6) is -1.25. The zero-order chi connectivity index (χ0) is 20.5. The fourth-order valence-electron chi connectivity index (χ4n) is 3.10. The number of ether oxygens (including phenoxy) is 1. The maximum absolute atomic E-state index is 13.3. The summed E-state index contributed by atoms with van der Waals surface area (Å²) in [6.07, 6.45) is 0. The van der Waals surface area contributed by atoms with Crippen LogP contribution in [0.1, 0.15) is 21.3 Å². The molecular formula is C17H12N6O5S. The summed E-state index contributed by atoms with van der Waals surface area (Å²) < 4.78 is 6.05. The molecule has 146 valence electrons. The third-order valence-electron chi connectivity index (χ3n) is 4.32. The zero-order valence-corrected chi connectivity index (χ0v) is 15.6. The van der Waals surface area contributed by atoms with Crippen molar-refractivity contribution < 1.29 is 19.2 Å². The van der Waals surface area contributed by atoms with E-state index in [-0.39, 0.29) is 28.5 Å². The number of allylic oxidation sites excluding steroid dienone is 1. The number of tetrazole rings is 1. The summed E-state index contributed by atoms with van der Waals surface area (Å²) in [6, 6.07) is 8.10. The van der Waals surface area contributed by atoms with Crippen molar-refractivity contribution in [3.8, 4) is 0 Å². The highest BCUT2D eigenvalue weighted by Gasteiger charge is 2.41. The summed E-state index contributed by atoms with van der Waals surface area (Å²) in [7, 11) is 1.17. The van der Waals surface area contributed by atoms with Crippen molar-refractivity contribution in [2.75, 3.05) is 12.4 Å². The lowest BCUT2D eigenvalue weighted by Crippen LogP contribution is -2.33. The molecule has 29 heavy (non-hydrogen) atoms. The van der Waals surface area contributed by atoms with Gasteiger partial charge in [0.25, 0.3) is 5.69 Å². The van der Waals surface area contributed by atoms with Gasteiger partial charge < -0.3 is 10.1 Å². The van der Waals surface area contributed by atoms with Crippen LogP contribution in [-0.2, 0) is 9.53 Å². The van der Waals surface area contributed by atoms with Crippen molar-refractivity contribution in [1.29, 1.82) is 0 Å². The number of carbonyl (C=O) groups is 2. The highest BCUT2D eigenvalue weighted by atomic mass is 32.1. The van der Waals surface area contributed by atoms with E-state index in [2.05, 4.69) is 20.8 Å². The molecule has 0 unspecified atom stereocenters. The normalized spacial score (nSPS) is 15.4. The number of anilines is 1. The van der Waals surface area contributed by atoms with Gasteiger partial charge in [-0.1, -0.05) is 23.3 Å². The Morgan fingerprint density at radius 1 is 1.28 bits per heavy atom. The van der Waals surface area contributed by atoms with Gasteiger partial charge in [0, 0.05) is 6.07 Å². The van der Waals surface area contributed by atoms with Gasteiger partial charge in [-0.3, -0.25) is 14.9 Å². The average molecular weight is 412 g/mol. The summed E-state index contributed by atoms with van der Waals surface area (Å²) in [5, 5.41) is 27.3. The van der Waals surface area contributed by atoms with Crippen molar-refractivity contribution in [3.05, 3.63) is 73.6 Å². The minimum atomic E-state index is -1.11. The van der Waals surface area contributed by atoms with Crippen LogP contribution in [0.15, 0.2) is 53.0 Å². The van der Waals surface area contributed by atoms with Crippen LogP contribution in [-0.4, -0.2) is 44.0 Å². The number of nitrogens with zero attached hydrogens (tertiary/aromatic N) is 5. The zero-order valence-electron chi connectivity index (χ0n) is 14.8. The molecule has 3 aromatic rings. The third-order valence-corrected chi connectivity index (χ3v) is 5.19. The number of methoxy groups -OCH3 is 1. The number of Topliss-reactive ketones (excluding diaryl/α,β-unsaturated/α-hetero) is 1. The Bertz CT molecular complexity index is 1150. The van der Waals surface area contributed by atoms with E-state index in [0.717, 1.165) is 0 Å². The van der Waals surface area contributed by atoms with E-state index in [4.69, 9.17) is 4.74 Å². The first-order valence-corrected chi connectivity index (χ1v) is 9.09. The fraction of sp³-hybridized carbons (Fsp3) is 0.118. The summed E-state index contributed by atoms with van der Waals surface area (Å²) >= 11 is 1.18. The predicted octanol–water partition coefficient (Wildman–Crippen LogP) is 1.97. The topological polar surface area (TPSA) is 142 Å². The van der Waals surface area contributed by atoms with Crippen LogP contribution in [0.3, 0.4) is 0 Å². The molecule has 0 saturated heterocycles. The molecule has 3 heterocycles. The minimum absolute atomic E-state index is 0.0478. The second-order valence-corrected chi connectivity index (χ2v) is 6.82. The van der Waals surface area contributed by atoms with Gasteiger partial charge in [-0.15, -0.1) is 11.3 Å². The number of nitrogens with one attached hydrogen (secondary N) is 1. The molecule has 2 aromatic heterocycles. The Kier molecular flexibility index (Phi) is 4.60. The van der Waals surface area contributed by atoms with Crippen molar-refractivity contribution in [3.63, 3.8) is 0 Å². The van der Waals surface area contributed by atoms with Crippen molar-refractivity contribution in [1.82, 2.24) is 20.2 Å². The molecule has 12 heteroatoms. The Morgan fingerprint density at radius 2 is 2.07 bits per heavy atom. The largest absolute Gasteiger partial charge is 0.464 e. The first-order chi connectivity index (χ1) is 14.0. The number of para-hydroxylation sites is 1. The van der Waals surface area contributed by atoms with Gasteiger partial charge in [0.15, 0.2) is 0 Å². The molecular weight excluding hydrogens is 400 g/mol. The minimum Gasteiger partial charge on any atom is -0.464 e. The number of ketones is 1. The fourth-order valence-corrected chi connectivity index (χ4v) is 3.78. The lowest BCUT2D eigenvalue weighted by Gasteiger charge is -2.27. The SMILES string of the molecule is COC(=O)C1=C(C(=O)c2cccs2)[C@H](c2ccccc2[N+](=O)[O-])n2nnnc2N1. The predicted molar refractivity (Wildman–Crippen MR) is 100 cm³/mol. The van der Waals surface area contributed by atoms with E-state index >= 15 is 0 Å². The van der Waals surface area contributed by atoms with Gasteiger partial charge in [0.2, 0.25) is 11.7 Å². The van der Waals surface area contributed by atoms with E-state index in [9.17, 15) is 19.7 Å². The lowest BCUT2D eigenvalue weighted by atomic mass is 9.90. The van der Waals surface area contributed by atoms with E-state index in [1.807, 2.05) is 0 Å². The highest BCUT2D eigenvalue weighted by molar-refractivity contribution is 7.12. The van der Waals surface area contributed by atoms with Gasteiger partial charge in [-0.25, -0.2) is 4.79 Å². The van der Waals surface area contributed by atoms with Crippen molar-refractivity contribution in [2.45, 2.75) is 6.04 Å². The Hall–Kier alpha value is -3.93. The van der Waals surface area contributed by atoms with Crippen LogP contribution >= 0.6 is 11.3 Å². The summed E-state index contributed by atoms with van der Waals surface area (Å²) in [4.78, 5) is 37.2. The summed E-state index contributed by atoms with van der Waals surface area (Å²) in [6.45, 7) is 0. The molecule has 1 N–H and O–H groups in total. The van der Waals surface area contributed by atoms with E-state index < -0.39 is 22.7 Å². The van der Waals surface area contributed by atoms with E-state index in [1.54, 1.807) is 23.6 Å². The second-order valence-electron chi connectivity index (χ2n) is 5.88. The molecule has 0 spiro atoms. The van der Waals surface area contributed by atoms with Crippen LogP contribution < -0.4 is 5.32 Å². The van der Waals surface area contributed by atoms with Crippen LogP contribution in [0.25, 0.3) is 0 Å². The number of rotatable bonds is 5. The lowest BCUT2D eigenvalue weighted by molar-refractivity contribution is -0.385. The van der Waals surface area contributed by atoms with Crippen molar-refractivity contribution in [2.24, 2.45) is 0 Å². The quantitative estimate of drug-likeness (QED) is 0.288. The number of nitro groups is 1. The Balaban J connectivity index is 2.02. The average Bonchev–Trinajstić information content (AvgIpc) is 3.43. The molecule has 0 radical (unpaired) electrons. The summed E-state index contributed by atoms with van der Waals surface area (Å²) in [5.41, 5.74) is -0.292. The molecule has 1 atom stereocenters. The van der Waals surface area contributed by atoms with Crippen LogP contribution in [0.5, 0.6) is 0 Å². The molecule has 1 aromatic carbocycles. The number of hydrogen-bond acceptors (Lipinski definition) is 10. The molecule has 11 nitrogen and oxygen atoms in total. The highest BCUT2D eigenvalue weighted by Crippen LogP contribution is 2.40. The first kappa shape index (κ1) is 18.4. The molecule has 0 fully saturated rings. The monoisotopic (exact) mass is 412 g/mol. The van der Waals surface area contributed by atoms with E-state index in [0.29, 0.717) is 4.88 Å². The van der Waals surface area contributed by atoms with Gasteiger partial charge in [0.05, 0.1) is 28.0 Å². The standard InChI is InChI=1S/C17H12N6O5S/c1-28-16(25)13-12(15(24)11-7-4-8-29-11)14(22-17(18-13)19-20-21-22)9-5-2-3-6-10(9)23(26)27/h2-8,14H,1H3,(H,18,19,21)/t14-/m0/s1. The van der Waals surface area contributed by atoms with Crippen molar-refractivity contribution >= 4 is 34.7 Å². The molecule has 1 aliphatic rings. The van der Waals surface area contributed by atoms with Gasteiger partial charge >= 0.3 is 5.97 Å². The maximum atomic E-state index is 13.3. The van der Waals surface area contributed by atoms with E-state index in [1.165, 1.54) is 41.3 Å². The van der Waals surface area contributed by atoms with Crippen LogP contribution in [0, 0.1) is 10.1 Å². The van der Waals surface area contributed by atoms with Crippen LogP contribution in [0.2, 0.25) is 0 Å². The second kappa shape index (κ2) is 7.24. The molecule has 1 aliphatic heterocycles. The smallest absolute Gasteiger partial charge is 0.355 e. The number of aromatic nitrogens is 4.